The number of thiazole rings is 1. The Bertz CT molecular complexity index is 528. The summed E-state index contributed by atoms with van der Waals surface area (Å²) in [7, 11) is 0. The van der Waals surface area contributed by atoms with Crippen LogP contribution in [0.5, 0.6) is 0 Å². The topological polar surface area (TPSA) is 42.0 Å². The Morgan fingerprint density at radius 1 is 1.53 bits per heavy atom. The van der Waals surface area contributed by atoms with Crippen molar-refractivity contribution >= 4 is 41.5 Å². The van der Waals surface area contributed by atoms with E-state index >= 15 is 0 Å². The highest BCUT2D eigenvalue weighted by atomic mass is 35.5. The Hall–Kier alpha value is -1.04. The number of rotatable bonds is 3. The van der Waals surface area contributed by atoms with Gasteiger partial charge in [0.25, 0.3) is 5.91 Å². The first-order valence-electron chi connectivity index (χ1n) is 4.82. The van der Waals surface area contributed by atoms with E-state index in [0.29, 0.717) is 22.0 Å². The minimum absolute atomic E-state index is 0.221. The van der Waals surface area contributed by atoms with Gasteiger partial charge < -0.3 is 5.32 Å². The van der Waals surface area contributed by atoms with E-state index < -0.39 is 0 Å². The summed E-state index contributed by atoms with van der Waals surface area (Å²) in [6.45, 7) is 0.406. The van der Waals surface area contributed by atoms with E-state index in [1.54, 1.807) is 24.4 Å². The molecule has 0 aliphatic carbocycles. The zero-order valence-corrected chi connectivity index (χ0v) is 11.1. The van der Waals surface area contributed by atoms with Crippen molar-refractivity contribution in [2.24, 2.45) is 0 Å². The Labute approximate surface area is 113 Å². The number of hydrogen-bond donors (Lipinski definition) is 2. The lowest BCUT2D eigenvalue weighted by molar-refractivity contribution is 0.0951. The average molecular weight is 285 g/mol. The molecule has 0 bridgehead atoms. The predicted octanol–water partition coefficient (Wildman–Crippen LogP) is 3.02. The molecular weight excluding hydrogens is 276 g/mol. The Balaban J connectivity index is 2.07. The van der Waals surface area contributed by atoms with Gasteiger partial charge in [0.05, 0.1) is 17.1 Å². The van der Waals surface area contributed by atoms with Crippen LogP contribution in [0, 0.1) is 0 Å². The molecule has 1 amide bonds. The standard InChI is InChI=1S/C11H9ClN2OS2/c12-9-2-1-7(16)5-8(9)11(15)14-6-10-13-3-4-17-10/h1-5,16H,6H2,(H,14,15). The molecule has 1 aromatic carbocycles. The van der Waals surface area contributed by atoms with Crippen molar-refractivity contribution in [2.75, 3.05) is 0 Å². The van der Waals surface area contributed by atoms with E-state index in [1.807, 2.05) is 5.38 Å². The van der Waals surface area contributed by atoms with Crippen LogP contribution < -0.4 is 5.32 Å². The summed E-state index contributed by atoms with van der Waals surface area (Å²) < 4.78 is 0. The van der Waals surface area contributed by atoms with E-state index in [1.165, 1.54) is 11.3 Å². The lowest BCUT2D eigenvalue weighted by atomic mass is 10.2. The van der Waals surface area contributed by atoms with Crippen LogP contribution >= 0.6 is 35.6 Å². The van der Waals surface area contributed by atoms with Crippen molar-refractivity contribution in [1.29, 1.82) is 0 Å². The van der Waals surface area contributed by atoms with Crippen LogP contribution in [0.15, 0.2) is 34.7 Å². The monoisotopic (exact) mass is 284 g/mol. The molecule has 1 N–H and O–H groups in total. The lowest BCUT2D eigenvalue weighted by Crippen LogP contribution is -2.23. The van der Waals surface area contributed by atoms with Gasteiger partial charge in [-0.15, -0.1) is 24.0 Å². The zero-order chi connectivity index (χ0) is 12.3. The summed E-state index contributed by atoms with van der Waals surface area (Å²) in [5.74, 6) is -0.221. The zero-order valence-electron chi connectivity index (χ0n) is 8.68. The molecule has 0 fully saturated rings. The van der Waals surface area contributed by atoms with Gasteiger partial charge in [0.15, 0.2) is 0 Å². The Morgan fingerprint density at radius 2 is 2.35 bits per heavy atom. The number of thiol groups is 1. The van der Waals surface area contributed by atoms with Gasteiger partial charge in [0.2, 0.25) is 0 Å². The van der Waals surface area contributed by atoms with Crippen molar-refractivity contribution in [3.8, 4) is 0 Å². The van der Waals surface area contributed by atoms with E-state index in [4.69, 9.17) is 11.6 Å². The van der Waals surface area contributed by atoms with Gasteiger partial charge in [0.1, 0.15) is 5.01 Å². The highest BCUT2D eigenvalue weighted by Crippen LogP contribution is 2.19. The number of nitrogens with zero attached hydrogens (tertiary/aromatic N) is 1. The Morgan fingerprint density at radius 3 is 3.06 bits per heavy atom. The molecule has 6 heteroatoms. The van der Waals surface area contributed by atoms with Gasteiger partial charge in [-0.2, -0.15) is 0 Å². The molecule has 17 heavy (non-hydrogen) atoms. The van der Waals surface area contributed by atoms with Gasteiger partial charge in [-0.25, -0.2) is 4.98 Å². The maximum absolute atomic E-state index is 11.9. The molecule has 0 atom stereocenters. The van der Waals surface area contributed by atoms with Crippen LogP contribution in [-0.2, 0) is 6.54 Å². The van der Waals surface area contributed by atoms with Crippen LogP contribution in [0.25, 0.3) is 0 Å². The van der Waals surface area contributed by atoms with Crippen molar-refractivity contribution in [2.45, 2.75) is 11.4 Å². The predicted molar refractivity (Wildman–Crippen MR) is 72.0 cm³/mol. The normalized spacial score (nSPS) is 10.2. The summed E-state index contributed by atoms with van der Waals surface area (Å²) in [6, 6.07) is 5.04. The molecule has 0 saturated heterocycles. The molecule has 0 saturated carbocycles. The summed E-state index contributed by atoms with van der Waals surface area (Å²) in [6.07, 6.45) is 1.70. The largest absolute Gasteiger partial charge is 0.345 e. The number of aromatic nitrogens is 1. The van der Waals surface area contributed by atoms with E-state index in [2.05, 4.69) is 22.9 Å². The molecule has 0 radical (unpaired) electrons. The van der Waals surface area contributed by atoms with Crippen molar-refractivity contribution < 1.29 is 4.79 Å². The summed E-state index contributed by atoms with van der Waals surface area (Å²) >= 11 is 11.6. The quantitative estimate of drug-likeness (QED) is 0.851. The van der Waals surface area contributed by atoms with Crippen LogP contribution in [0.1, 0.15) is 15.4 Å². The summed E-state index contributed by atoms with van der Waals surface area (Å²) in [5, 5.41) is 5.90. The maximum atomic E-state index is 11.9. The van der Waals surface area contributed by atoms with E-state index in [-0.39, 0.29) is 5.91 Å². The minimum atomic E-state index is -0.221. The molecule has 0 spiro atoms. The SMILES string of the molecule is O=C(NCc1nccs1)c1cc(S)ccc1Cl. The maximum Gasteiger partial charge on any atom is 0.253 e. The fourth-order valence-corrected chi connectivity index (χ4v) is 2.24. The number of carbonyl (C=O) groups is 1. The first-order chi connectivity index (χ1) is 8.16. The summed E-state index contributed by atoms with van der Waals surface area (Å²) in [5.41, 5.74) is 0.427. The van der Waals surface area contributed by atoms with Gasteiger partial charge in [-0.3, -0.25) is 4.79 Å². The molecule has 88 valence electrons. The second-order valence-corrected chi connectivity index (χ2v) is 5.18. The molecule has 2 rings (SSSR count). The fourth-order valence-electron chi connectivity index (χ4n) is 1.28. The van der Waals surface area contributed by atoms with Crippen LogP contribution in [0.2, 0.25) is 5.02 Å². The smallest absolute Gasteiger partial charge is 0.253 e. The average Bonchev–Trinajstić information content (AvgIpc) is 2.82. The third kappa shape index (κ3) is 3.21. The molecule has 0 aliphatic rings. The third-order valence-electron chi connectivity index (χ3n) is 2.08. The molecular formula is C11H9ClN2OS2. The number of nitrogens with one attached hydrogen (secondary N) is 1. The highest BCUT2D eigenvalue weighted by molar-refractivity contribution is 7.80. The number of amides is 1. The van der Waals surface area contributed by atoms with Crippen molar-refractivity contribution in [1.82, 2.24) is 10.3 Å². The highest BCUT2D eigenvalue weighted by Gasteiger charge is 2.10. The molecule has 1 aromatic heterocycles. The van der Waals surface area contributed by atoms with Crippen LogP contribution in [0.4, 0.5) is 0 Å². The number of carbonyl (C=O) groups excluding carboxylic acids is 1. The van der Waals surface area contributed by atoms with Gasteiger partial charge >= 0.3 is 0 Å². The van der Waals surface area contributed by atoms with Gasteiger partial charge in [-0.1, -0.05) is 11.6 Å². The number of hydrogen-bond acceptors (Lipinski definition) is 4. The third-order valence-corrected chi connectivity index (χ3v) is 3.47. The summed E-state index contributed by atoms with van der Waals surface area (Å²) in [4.78, 5) is 16.6. The van der Waals surface area contributed by atoms with Crippen molar-refractivity contribution in [3.63, 3.8) is 0 Å². The molecule has 1 heterocycles. The van der Waals surface area contributed by atoms with E-state index in [0.717, 1.165) is 5.01 Å². The molecule has 2 aromatic rings. The fraction of sp³-hybridized carbons (Fsp3) is 0.0909. The first-order valence-corrected chi connectivity index (χ1v) is 6.52. The lowest BCUT2D eigenvalue weighted by Gasteiger charge is -2.05. The minimum Gasteiger partial charge on any atom is -0.345 e. The van der Waals surface area contributed by atoms with Gasteiger partial charge in [0, 0.05) is 16.5 Å². The first kappa shape index (κ1) is 12.4. The van der Waals surface area contributed by atoms with Crippen LogP contribution in [-0.4, -0.2) is 10.9 Å². The van der Waals surface area contributed by atoms with E-state index in [9.17, 15) is 4.79 Å². The van der Waals surface area contributed by atoms with Crippen LogP contribution in [0.3, 0.4) is 0 Å². The molecule has 0 unspecified atom stereocenters. The Kier molecular flexibility index (Phi) is 4.04. The second-order valence-electron chi connectivity index (χ2n) is 3.27. The van der Waals surface area contributed by atoms with Crippen molar-refractivity contribution in [3.05, 3.63) is 45.4 Å². The second kappa shape index (κ2) is 5.53. The number of halogens is 1. The number of benzene rings is 1. The molecule has 0 aliphatic heterocycles. The molecule has 3 nitrogen and oxygen atoms in total. The van der Waals surface area contributed by atoms with Gasteiger partial charge in [-0.05, 0) is 18.2 Å².